The Labute approximate surface area is 93.1 Å². The molecule has 4 heteroatoms. The Bertz CT molecular complexity index is 408. The number of fused-ring (bicyclic) bond motifs is 1. The Morgan fingerprint density at radius 1 is 1.40 bits per heavy atom. The van der Waals surface area contributed by atoms with Crippen molar-refractivity contribution in [1.29, 1.82) is 0 Å². The van der Waals surface area contributed by atoms with Gasteiger partial charge >= 0.3 is 0 Å². The fourth-order valence-electron chi connectivity index (χ4n) is 2.12. The number of nitrogens with two attached hydrogens (primary N) is 1. The predicted octanol–water partition coefficient (Wildman–Crippen LogP) is 2.13. The molecule has 0 saturated heterocycles. The summed E-state index contributed by atoms with van der Waals surface area (Å²) >= 11 is 6.10. The van der Waals surface area contributed by atoms with Crippen molar-refractivity contribution in [1.82, 2.24) is 0 Å². The van der Waals surface area contributed by atoms with Gasteiger partial charge in [-0.25, -0.2) is 0 Å². The third-order valence-corrected chi connectivity index (χ3v) is 3.38. The van der Waals surface area contributed by atoms with E-state index < -0.39 is 0 Å². The van der Waals surface area contributed by atoms with Gasteiger partial charge in [0.1, 0.15) is 0 Å². The Balaban J connectivity index is 1.94. The van der Waals surface area contributed by atoms with E-state index in [0.717, 1.165) is 18.7 Å². The maximum absolute atomic E-state index is 6.10. The van der Waals surface area contributed by atoms with Crippen molar-refractivity contribution in [3.05, 3.63) is 22.7 Å². The lowest BCUT2D eigenvalue weighted by Crippen LogP contribution is -2.01. The Kier molecular flexibility index (Phi) is 2.04. The van der Waals surface area contributed by atoms with Gasteiger partial charge < -0.3 is 15.2 Å². The van der Waals surface area contributed by atoms with Gasteiger partial charge in [-0.3, -0.25) is 0 Å². The average molecular weight is 226 g/mol. The van der Waals surface area contributed by atoms with Crippen LogP contribution in [0.4, 0.5) is 0 Å². The Morgan fingerprint density at radius 3 is 3.00 bits per heavy atom. The van der Waals surface area contributed by atoms with Crippen LogP contribution in [0.5, 0.6) is 11.5 Å². The van der Waals surface area contributed by atoms with Gasteiger partial charge in [0.15, 0.2) is 11.5 Å². The lowest BCUT2D eigenvalue weighted by Gasteiger charge is -2.04. The fraction of sp³-hybridized carbons (Fsp3) is 0.455. The molecule has 1 aromatic rings. The molecule has 0 aromatic heterocycles. The van der Waals surface area contributed by atoms with Crippen molar-refractivity contribution in [3.8, 4) is 11.5 Å². The van der Waals surface area contributed by atoms with Gasteiger partial charge in [0.05, 0.1) is 5.02 Å². The molecule has 2 atom stereocenters. The minimum atomic E-state index is 0.267. The quantitative estimate of drug-likeness (QED) is 0.839. The second kappa shape index (κ2) is 3.29. The normalized spacial score (nSPS) is 26.8. The first-order valence-corrected chi connectivity index (χ1v) is 5.46. The van der Waals surface area contributed by atoms with Crippen LogP contribution in [0.1, 0.15) is 17.9 Å². The zero-order valence-electron chi connectivity index (χ0n) is 8.20. The molecule has 0 unspecified atom stereocenters. The first kappa shape index (κ1) is 9.31. The van der Waals surface area contributed by atoms with Crippen LogP contribution in [0, 0.1) is 5.92 Å². The summed E-state index contributed by atoms with van der Waals surface area (Å²) in [4.78, 5) is 0. The van der Waals surface area contributed by atoms with Gasteiger partial charge in [-0.05, 0) is 42.5 Å². The molecule has 15 heavy (non-hydrogen) atoms. The summed E-state index contributed by atoms with van der Waals surface area (Å²) in [6.07, 6.45) is 1.16. The Morgan fingerprint density at radius 2 is 2.27 bits per heavy atom. The molecule has 0 amide bonds. The molecule has 1 aliphatic carbocycles. The average Bonchev–Trinajstić information content (AvgIpc) is 2.88. The maximum atomic E-state index is 6.10. The summed E-state index contributed by atoms with van der Waals surface area (Å²) in [5.74, 6) is 2.61. The van der Waals surface area contributed by atoms with E-state index in [4.69, 9.17) is 26.8 Å². The van der Waals surface area contributed by atoms with Crippen LogP contribution in [-0.4, -0.2) is 13.3 Å². The minimum absolute atomic E-state index is 0.267. The number of halogens is 1. The van der Waals surface area contributed by atoms with Crippen LogP contribution >= 0.6 is 11.6 Å². The van der Waals surface area contributed by atoms with Crippen molar-refractivity contribution in [2.75, 3.05) is 13.3 Å². The molecule has 3 rings (SSSR count). The lowest BCUT2D eigenvalue weighted by atomic mass is 10.1. The molecule has 80 valence electrons. The van der Waals surface area contributed by atoms with Crippen LogP contribution in [0.15, 0.2) is 12.1 Å². The molecule has 0 bridgehead atoms. The molecule has 0 spiro atoms. The van der Waals surface area contributed by atoms with E-state index in [9.17, 15) is 0 Å². The first-order valence-electron chi connectivity index (χ1n) is 5.08. The second-order valence-corrected chi connectivity index (χ2v) is 4.48. The predicted molar refractivity (Wildman–Crippen MR) is 57.5 cm³/mol. The highest BCUT2D eigenvalue weighted by atomic mass is 35.5. The zero-order chi connectivity index (χ0) is 10.4. The van der Waals surface area contributed by atoms with E-state index in [1.54, 1.807) is 0 Å². The fourth-order valence-corrected chi connectivity index (χ4v) is 2.39. The van der Waals surface area contributed by atoms with Crippen LogP contribution in [0.3, 0.4) is 0 Å². The first-order chi connectivity index (χ1) is 7.29. The van der Waals surface area contributed by atoms with Crippen LogP contribution in [0.2, 0.25) is 5.02 Å². The van der Waals surface area contributed by atoms with Crippen LogP contribution in [0.25, 0.3) is 0 Å². The molecule has 1 aromatic carbocycles. The monoisotopic (exact) mass is 225 g/mol. The number of rotatable bonds is 2. The highest BCUT2D eigenvalue weighted by Gasteiger charge is 2.38. The molecular weight excluding hydrogens is 214 g/mol. The minimum Gasteiger partial charge on any atom is -0.454 e. The van der Waals surface area contributed by atoms with E-state index in [0.29, 0.717) is 22.6 Å². The Hall–Kier alpha value is -0.930. The molecule has 2 N–H and O–H groups in total. The summed E-state index contributed by atoms with van der Waals surface area (Å²) in [6.45, 7) is 1.01. The molecule has 3 nitrogen and oxygen atoms in total. The molecule has 0 radical (unpaired) electrons. The van der Waals surface area contributed by atoms with Gasteiger partial charge in [0.2, 0.25) is 6.79 Å². The third-order valence-electron chi connectivity index (χ3n) is 3.10. The summed E-state index contributed by atoms with van der Waals surface area (Å²) < 4.78 is 10.6. The van der Waals surface area contributed by atoms with E-state index in [1.807, 2.05) is 12.1 Å². The SMILES string of the molecule is NC[C@@H]1C[C@H]1c1cc(Cl)c2c(c1)OCO2. The second-order valence-electron chi connectivity index (χ2n) is 4.07. The van der Waals surface area contributed by atoms with Crippen molar-refractivity contribution in [2.24, 2.45) is 11.7 Å². The summed E-state index contributed by atoms with van der Waals surface area (Å²) in [6, 6.07) is 3.99. The summed E-state index contributed by atoms with van der Waals surface area (Å²) in [5.41, 5.74) is 6.85. The number of hydrogen-bond donors (Lipinski definition) is 1. The summed E-state index contributed by atoms with van der Waals surface area (Å²) in [5, 5.41) is 0.641. The van der Waals surface area contributed by atoms with Gasteiger partial charge in [-0.15, -0.1) is 0 Å². The van der Waals surface area contributed by atoms with Gasteiger partial charge in [0, 0.05) is 0 Å². The van der Waals surface area contributed by atoms with Gasteiger partial charge in [-0.2, -0.15) is 0 Å². The molecule has 1 fully saturated rings. The van der Waals surface area contributed by atoms with Gasteiger partial charge in [0.25, 0.3) is 0 Å². The van der Waals surface area contributed by atoms with Crippen LogP contribution < -0.4 is 15.2 Å². The maximum Gasteiger partial charge on any atom is 0.231 e. The summed E-state index contributed by atoms with van der Waals surface area (Å²) in [7, 11) is 0. The molecule has 2 aliphatic rings. The molecule has 1 aliphatic heterocycles. The largest absolute Gasteiger partial charge is 0.454 e. The smallest absolute Gasteiger partial charge is 0.231 e. The van der Waals surface area contributed by atoms with E-state index in [2.05, 4.69) is 0 Å². The van der Waals surface area contributed by atoms with E-state index in [-0.39, 0.29) is 6.79 Å². The lowest BCUT2D eigenvalue weighted by molar-refractivity contribution is 0.174. The van der Waals surface area contributed by atoms with Crippen LogP contribution in [-0.2, 0) is 0 Å². The number of ether oxygens (including phenoxy) is 2. The zero-order valence-corrected chi connectivity index (χ0v) is 8.96. The third kappa shape index (κ3) is 1.46. The van der Waals surface area contributed by atoms with Crippen molar-refractivity contribution in [2.45, 2.75) is 12.3 Å². The van der Waals surface area contributed by atoms with Crippen molar-refractivity contribution < 1.29 is 9.47 Å². The molecule has 1 saturated carbocycles. The standard InChI is InChI=1S/C11H12ClNO2/c12-9-2-6(8-1-7(8)4-13)3-10-11(9)15-5-14-10/h2-3,7-8H,1,4-5,13H2/t7-,8-/m0/s1. The topological polar surface area (TPSA) is 44.5 Å². The van der Waals surface area contributed by atoms with Crippen molar-refractivity contribution >= 4 is 11.6 Å². The molecule has 1 heterocycles. The van der Waals surface area contributed by atoms with Crippen molar-refractivity contribution in [3.63, 3.8) is 0 Å². The van der Waals surface area contributed by atoms with E-state index in [1.165, 1.54) is 5.56 Å². The van der Waals surface area contributed by atoms with Gasteiger partial charge in [-0.1, -0.05) is 11.6 Å². The molecular formula is C11H12ClNO2. The number of hydrogen-bond acceptors (Lipinski definition) is 3. The number of benzene rings is 1. The van der Waals surface area contributed by atoms with E-state index >= 15 is 0 Å². The highest BCUT2D eigenvalue weighted by molar-refractivity contribution is 6.32. The highest BCUT2D eigenvalue weighted by Crippen LogP contribution is 2.50.